The summed E-state index contributed by atoms with van der Waals surface area (Å²) in [5, 5.41) is 12.5. The second-order valence-corrected chi connectivity index (χ2v) is 7.31. The topological polar surface area (TPSA) is 69.2 Å². The van der Waals surface area contributed by atoms with Gasteiger partial charge in [-0.25, -0.2) is 4.98 Å². The highest BCUT2D eigenvalue weighted by Gasteiger charge is 2.49. The van der Waals surface area contributed by atoms with Crippen LogP contribution in [0.4, 0.5) is 0 Å². The minimum absolute atomic E-state index is 0.220. The number of imidazole rings is 1. The second kappa shape index (κ2) is 6.19. The normalized spacial score (nSPS) is 18.6. The number of aliphatic hydroxyl groups is 1. The summed E-state index contributed by atoms with van der Waals surface area (Å²) >= 11 is 6.12. The average Bonchev–Trinajstić information content (AvgIpc) is 3.26. The van der Waals surface area contributed by atoms with Crippen LogP contribution in [-0.2, 0) is 12.3 Å². The Labute approximate surface area is 166 Å². The highest BCUT2D eigenvalue weighted by molar-refractivity contribution is 6.30. The van der Waals surface area contributed by atoms with E-state index in [4.69, 9.17) is 11.6 Å². The monoisotopic (exact) mass is 389 g/mol. The summed E-state index contributed by atoms with van der Waals surface area (Å²) in [7, 11) is 0. The van der Waals surface area contributed by atoms with Gasteiger partial charge in [0.05, 0.1) is 17.4 Å². The SMILES string of the molecule is O=C1c2ccccc2C(O)(c2ccc3nc[nH]c3c2)N1Cc1cccc(Cl)c1. The summed E-state index contributed by atoms with van der Waals surface area (Å²) in [6, 6.07) is 20.0. The van der Waals surface area contributed by atoms with Gasteiger partial charge in [0, 0.05) is 28.3 Å². The maximum Gasteiger partial charge on any atom is 0.257 e. The number of carbonyl (C=O) groups is 1. The number of hydrogen-bond donors (Lipinski definition) is 2. The number of amides is 1. The number of aromatic amines is 1. The van der Waals surface area contributed by atoms with Crippen molar-refractivity contribution in [3.8, 4) is 0 Å². The van der Waals surface area contributed by atoms with E-state index in [0.29, 0.717) is 21.7 Å². The van der Waals surface area contributed by atoms with E-state index >= 15 is 0 Å². The predicted molar refractivity (Wildman–Crippen MR) is 107 cm³/mol. The molecule has 5 nitrogen and oxygen atoms in total. The molecule has 0 bridgehead atoms. The van der Waals surface area contributed by atoms with Crippen molar-refractivity contribution in [3.63, 3.8) is 0 Å². The molecule has 2 N–H and O–H groups in total. The molecule has 6 heteroatoms. The summed E-state index contributed by atoms with van der Waals surface area (Å²) in [6.45, 7) is 0.228. The van der Waals surface area contributed by atoms with Gasteiger partial charge in [0.1, 0.15) is 0 Å². The highest BCUT2D eigenvalue weighted by atomic mass is 35.5. The average molecular weight is 390 g/mol. The van der Waals surface area contributed by atoms with E-state index in [2.05, 4.69) is 9.97 Å². The van der Waals surface area contributed by atoms with E-state index in [9.17, 15) is 9.90 Å². The maximum atomic E-state index is 13.2. The van der Waals surface area contributed by atoms with Crippen LogP contribution in [0.5, 0.6) is 0 Å². The number of benzene rings is 3. The van der Waals surface area contributed by atoms with E-state index in [-0.39, 0.29) is 12.5 Å². The molecule has 0 spiro atoms. The molecule has 0 fully saturated rings. The minimum Gasteiger partial charge on any atom is -0.363 e. The molecule has 0 saturated heterocycles. The standard InChI is InChI=1S/C22H16ClN3O2/c23-16-5-3-4-14(10-16)12-26-21(27)17-6-1-2-7-18(17)22(26,28)15-8-9-19-20(11-15)25-13-24-19/h1-11,13,28H,12H2,(H,24,25). The summed E-state index contributed by atoms with van der Waals surface area (Å²) < 4.78 is 0. The number of nitrogens with one attached hydrogen (secondary N) is 1. The molecule has 1 aliphatic rings. The predicted octanol–water partition coefficient (Wildman–Crippen LogP) is 4.07. The molecule has 0 saturated carbocycles. The van der Waals surface area contributed by atoms with Crippen molar-refractivity contribution in [2.24, 2.45) is 0 Å². The van der Waals surface area contributed by atoms with Crippen LogP contribution in [0.15, 0.2) is 73.1 Å². The Bertz CT molecular complexity index is 1220. The molecule has 1 atom stereocenters. The Morgan fingerprint density at radius 1 is 1.07 bits per heavy atom. The van der Waals surface area contributed by atoms with Crippen LogP contribution in [0.1, 0.15) is 27.0 Å². The number of H-pyrrole nitrogens is 1. The molecule has 1 amide bonds. The van der Waals surface area contributed by atoms with Gasteiger partial charge in [-0.15, -0.1) is 0 Å². The van der Waals surface area contributed by atoms with Crippen LogP contribution >= 0.6 is 11.6 Å². The van der Waals surface area contributed by atoms with Crippen molar-refractivity contribution < 1.29 is 9.90 Å². The number of halogens is 1. The fraction of sp³-hybridized carbons (Fsp3) is 0.0909. The van der Waals surface area contributed by atoms with Crippen molar-refractivity contribution in [2.75, 3.05) is 0 Å². The van der Waals surface area contributed by atoms with Gasteiger partial charge in [-0.1, -0.05) is 48.0 Å². The fourth-order valence-corrected chi connectivity index (χ4v) is 4.09. The summed E-state index contributed by atoms with van der Waals surface area (Å²) in [6.07, 6.45) is 1.61. The molecule has 1 unspecified atom stereocenters. The van der Waals surface area contributed by atoms with E-state index in [1.165, 1.54) is 4.90 Å². The minimum atomic E-state index is -1.59. The Hall–Kier alpha value is -3.15. The molecule has 4 aromatic rings. The zero-order valence-electron chi connectivity index (χ0n) is 14.8. The van der Waals surface area contributed by atoms with Gasteiger partial charge < -0.3 is 10.1 Å². The third-order valence-corrected chi connectivity index (χ3v) is 5.46. The molecule has 5 rings (SSSR count). The van der Waals surface area contributed by atoms with Gasteiger partial charge in [0.15, 0.2) is 5.72 Å². The summed E-state index contributed by atoms with van der Waals surface area (Å²) in [5.41, 5.74) is 2.52. The lowest BCUT2D eigenvalue weighted by Crippen LogP contribution is -2.44. The van der Waals surface area contributed by atoms with Crippen LogP contribution in [-0.4, -0.2) is 25.9 Å². The van der Waals surface area contributed by atoms with E-state index < -0.39 is 5.72 Å². The number of rotatable bonds is 3. The summed E-state index contributed by atoms with van der Waals surface area (Å²) in [4.78, 5) is 22.0. The number of hydrogen-bond acceptors (Lipinski definition) is 3. The Balaban J connectivity index is 1.69. The first kappa shape index (κ1) is 17.0. The zero-order chi connectivity index (χ0) is 19.3. The molecule has 28 heavy (non-hydrogen) atoms. The van der Waals surface area contributed by atoms with Crippen LogP contribution in [0, 0.1) is 0 Å². The number of aromatic nitrogens is 2. The number of nitrogens with zero attached hydrogens (tertiary/aromatic N) is 2. The first-order chi connectivity index (χ1) is 13.6. The smallest absolute Gasteiger partial charge is 0.257 e. The van der Waals surface area contributed by atoms with Crippen LogP contribution in [0.25, 0.3) is 11.0 Å². The van der Waals surface area contributed by atoms with Gasteiger partial charge in [-0.2, -0.15) is 0 Å². The van der Waals surface area contributed by atoms with E-state index in [1.807, 2.05) is 36.4 Å². The van der Waals surface area contributed by atoms with Gasteiger partial charge in [-0.05, 0) is 35.9 Å². The van der Waals surface area contributed by atoms with Gasteiger partial charge in [0.2, 0.25) is 0 Å². The third kappa shape index (κ3) is 2.44. The molecule has 1 aliphatic heterocycles. The molecular formula is C22H16ClN3O2. The molecule has 138 valence electrons. The van der Waals surface area contributed by atoms with E-state index in [1.54, 1.807) is 36.7 Å². The molecule has 0 aliphatic carbocycles. The summed E-state index contributed by atoms with van der Waals surface area (Å²) in [5.74, 6) is -0.220. The second-order valence-electron chi connectivity index (χ2n) is 6.87. The van der Waals surface area contributed by atoms with E-state index in [0.717, 1.165) is 16.6 Å². The lowest BCUT2D eigenvalue weighted by Gasteiger charge is -2.35. The van der Waals surface area contributed by atoms with Crippen LogP contribution in [0.3, 0.4) is 0 Å². The van der Waals surface area contributed by atoms with Gasteiger partial charge >= 0.3 is 0 Å². The molecule has 3 aromatic carbocycles. The molecule has 2 heterocycles. The van der Waals surface area contributed by atoms with Crippen LogP contribution in [0.2, 0.25) is 5.02 Å². The lowest BCUT2D eigenvalue weighted by molar-refractivity contribution is -0.0542. The molecule has 1 aromatic heterocycles. The maximum absolute atomic E-state index is 13.2. The van der Waals surface area contributed by atoms with Crippen molar-refractivity contribution in [2.45, 2.75) is 12.3 Å². The third-order valence-electron chi connectivity index (χ3n) is 5.22. The molecule has 0 radical (unpaired) electrons. The van der Waals surface area contributed by atoms with Crippen LogP contribution < -0.4 is 0 Å². The Kier molecular flexibility index (Phi) is 3.75. The first-order valence-corrected chi connectivity index (χ1v) is 9.27. The lowest BCUT2D eigenvalue weighted by atomic mass is 9.93. The number of fused-ring (bicyclic) bond motifs is 2. The largest absolute Gasteiger partial charge is 0.363 e. The molecular weight excluding hydrogens is 374 g/mol. The number of carbonyl (C=O) groups excluding carboxylic acids is 1. The van der Waals surface area contributed by atoms with Crippen molar-refractivity contribution in [3.05, 3.63) is 100 Å². The van der Waals surface area contributed by atoms with Crippen molar-refractivity contribution >= 4 is 28.5 Å². The Morgan fingerprint density at radius 2 is 1.93 bits per heavy atom. The van der Waals surface area contributed by atoms with Crippen molar-refractivity contribution in [1.82, 2.24) is 14.9 Å². The quantitative estimate of drug-likeness (QED) is 0.555. The van der Waals surface area contributed by atoms with Gasteiger partial charge in [0.25, 0.3) is 5.91 Å². The zero-order valence-corrected chi connectivity index (χ0v) is 15.5. The van der Waals surface area contributed by atoms with Crippen molar-refractivity contribution in [1.29, 1.82) is 0 Å². The Morgan fingerprint density at radius 3 is 2.79 bits per heavy atom. The first-order valence-electron chi connectivity index (χ1n) is 8.89. The highest BCUT2D eigenvalue weighted by Crippen LogP contribution is 2.43. The van der Waals surface area contributed by atoms with Gasteiger partial charge in [-0.3, -0.25) is 9.69 Å². The fourth-order valence-electron chi connectivity index (χ4n) is 3.88.